The number of carbonyl (C=O) groups excluding carboxylic acids is 4. The van der Waals surface area contributed by atoms with E-state index in [4.69, 9.17) is 18.9 Å². The minimum Gasteiger partial charge on any atom is -0.486 e. The SMILES string of the molecule is COCCCN1C(=O)c2ccc(C(=O)OC(C)C(=O)Nc3ccc4c(c3)OCCO4)cc2C1=O. The van der Waals surface area contributed by atoms with E-state index < -0.39 is 29.8 Å². The molecule has 2 aliphatic heterocycles. The molecule has 0 bridgehead atoms. The number of fused-ring (bicyclic) bond motifs is 2. The Morgan fingerprint density at radius 3 is 2.53 bits per heavy atom. The van der Waals surface area contributed by atoms with Crippen molar-refractivity contribution in [3.05, 3.63) is 53.1 Å². The van der Waals surface area contributed by atoms with E-state index in [2.05, 4.69) is 5.32 Å². The number of amides is 3. The third kappa shape index (κ3) is 4.72. The van der Waals surface area contributed by atoms with Crippen molar-refractivity contribution in [1.82, 2.24) is 4.90 Å². The molecule has 1 unspecified atom stereocenters. The predicted molar refractivity (Wildman–Crippen MR) is 119 cm³/mol. The number of esters is 1. The lowest BCUT2D eigenvalue weighted by Crippen LogP contribution is -2.31. The predicted octanol–water partition coefficient (Wildman–Crippen LogP) is 2.27. The molecule has 4 rings (SSSR count). The smallest absolute Gasteiger partial charge is 0.338 e. The zero-order chi connectivity index (χ0) is 24.2. The first-order valence-electron chi connectivity index (χ1n) is 10.8. The van der Waals surface area contributed by atoms with E-state index in [1.807, 2.05) is 0 Å². The van der Waals surface area contributed by atoms with Crippen molar-refractivity contribution in [3.8, 4) is 11.5 Å². The Morgan fingerprint density at radius 2 is 1.76 bits per heavy atom. The molecule has 2 aliphatic rings. The van der Waals surface area contributed by atoms with Gasteiger partial charge in [-0.3, -0.25) is 19.3 Å². The van der Waals surface area contributed by atoms with Gasteiger partial charge in [0, 0.05) is 32.0 Å². The molecule has 3 amide bonds. The van der Waals surface area contributed by atoms with E-state index in [9.17, 15) is 19.2 Å². The van der Waals surface area contributed by atoms with Crippen molar-refractivity contribution >= 4 is 29.4 Å². The summed E-state index contributed by atoms with van der Waals surface area (Å²) < 4.78 is 21.2. The van der Waals surface area contributed by atoms with Gasteiger partial charge in [0.25, 0.3) is 17.7 Å². The second-order valence-electron chi connectivity index (χ2n) is 7.76. The van der Waals surface area contributed by atoms with Gasteiger partial charge in [-0.2, -0.15) is 0 Å². The van der Waals surface area contributed by atoms with Gasteiger partial charge in [0.05, 0.1) is 16.7 Å². The molecule has 0 saturated carbocycles. The molecule has 0 saturated heterocycles. The summed E-state index contributed by atoms with van der Waals surface area (Å²) in [6, 6.07) is 9.10. The van der Waals surface area contributed by atoms with Crippen LogP contribution < -0.4 is 14.8 Å². The minimum absolute atomic E-state index is 0.0672. The van der Waals surface area contributed by atoms with Gasteiger partial charge in [0.1, 0.15) is 13.2 Å². The molecule has 2 aromatic rings. The number of hydrogen-bond acceptors (Lipinski definition) is 8. The van der Waals surface area contributed by atoms with Gasteiger partial charge >= 0.3 is 5.97 Å². The van der Waals surface area contributed by atoms with E-state index in [-0.39, 0.29) is 23.2 Å². The highest BCUT2D eigenvalue weighted by Gasteiger charge is 2.36. The van der Waals surface area contributed by atoms with Crippen molar-refractivity contribution in [3.63, 3.8) is 0 Å². The Balaban J connectivity index is 1.39. The Bertz CT molecular complexity index is 1150. The summed E-state index contributed by atoms with van der Waals surface area (Å²) in [7, 11) is 1.54. The molecule has 0 fully saturated rings. The molecule has 10 nitrogen and oxygen atoms in total. The molecule has 0 radical (unpaired) electrons. The van der Waals surface area contributed by atoms with E-state index in [0.29, 0.717) is 43.4 Å². The molecule has 0 aromatic heterocycles. The van der Waals surface area contributed by atoms with Crippen LogP contribution in [0.3, 0.4) is 0 Å². The number of ether oxygens (including phenoxy) is 4. The normalized spacial score (nSPS) is 15.1. The Hall–Kier alpha value is -3.92. The van der Waals surface area contributed by atoms with Crippen molar-refractivity contribution < 1.29 is 38.1 Å². The maximum absolute atomic E-state index is 12.6. The van der Waals surface area contributed by atoms with Gasteiger partial charge < -0.3 is 24.3 Å². The summed E-state index contributed by atoms with van der Waals surface area (Å²) in [4.78, 5) is 51.4. The number of imide groups is 1. The van der Waals surface area contributed by atoms with Gasteiger partial charge in [-0.25, -0.2) is 4.79 Å². The topological polar surface area (TPSA) is 120 Å². The molecule has 2 heterocycles. The van der Waals surface area contributed by atoms with Crippen molar-refractivity contribution in [2.75, 3.05) is 38.8 Å². The number of rotatable bonds is 8. The first kappa shape index (κ1) is 23.2. The average molecular weight is 468 g/mol. The van der Waals surface area contributed by atoms with E-state index >= 15 is 0 Å². The lowest BCUT2D eigenvalue weighted by Gasteiger charge is -2.19. The van der Waals surface area contributed by atoms with Crippen LogP contribution in [0.15, 0.2) is 36.4 Å². The summed E-state index contributed by atoms with van der Waals surface area (Å²) in [6.45, 7) is 2.94. The van der Waals surface area contributed by atoms with E-state index in [1.54, 1.807) is 18.2 Å². The molecular formula is C24H24N2O8. The van der Waals surface area contributed by atoms with Gasteiger partial charge in [-0.1, -0.05) is 0 Å². The summed E-state index contributed by atoms with van der Waals surface area (Å²) in [5.41, 5.74) is 0.888. The molecule has 0 spiro atoms. The number of nitrogens with one attached hydrogen (secondary N) is 1. The molecule has 178 valence electrons. The standard InChI is InChI=1S/C24H24N2O8/c1-14(21(27)25-16-5-7-19-20(13-16)33-11-10-32-19)34-24(30)15-4-6-17-18(12-15)23(29)26(22(17)28)8-3-9-31-2/h4-7,12-14H,3,8-11H2,1-2H3,(H,25,27). The van der Waals surface area contributed by atoms with Crippen LogP contribution in [0.1, 0.15) is 44.4 Å². The number of methoxy groups -OCH3 is 1. The number of anilines is 1. The zero-order valence-corrected chi connectivity index (χ0v) is 18.8. The minimum atomic E-state index is -1.11. The highest BCUT2D eigenvalue weighted by atomic mass is 16.6. The Kier molecular flexibility index (Phi) is 6.78. The third-order valence-corrected chi connectivity index (χ3v) is 5.40. The Labute approximate surface area is 195 Å². The fourth-order valence-corrected chi connectivity index (χ4v) is 3.63. The first-order chi connectivity index (χ1) is 16.4. The molecule has 10 heteroatoms. The number of benzene rings is 2. The fraction of sp³-hybridized carbons (Fsp3) is 0.333. The molecule has 0 aliphatic carbocycles. The van der Waals surface area contributed by atoms with Gasteiger partial charge in [-0.15, -0.1) is 0 Å². The largest absolute Gasteiger partial charge is 0.486 e. The summed E-state index contributed by atoms with van der Waals surface area (Å²) >= 11 is 0. The van der Waals surface area contributed by atoms with Gasteiger partial charge in [0.15, 0.2) is 17.6 Å². The number of hydrogen-bond donors (Lipinski definition) is 1. The number of nitrogens with zero attached hydrogens (tertiary/aromatic N) is 1. The summed E-state index contributed by atoms with van der Waals surface area (Å²) in [5.74, 6) is -1.11. The second kappa shape index (κ2) is 9.92. The monoisotopic (exact) mass is 468 g/mol. The maximum Gasteiger partial charge on any atom is 0.338 e. The van der Waals surface area contributed by atoms with Crippen LogP contribution in [0.25, 0.3) is 0 Å². The molecule has 1 N–H and O–H groups in total. The number of carbonyl (C=O) groups is 4. The van der Waals surface area contributed by atoms with Crippen LogP contribution in [0, 0.1) is 0 Å². The van der Waals surface area contributed by atoms with E-state index in [1.165, 1.54) is 32.2 Å². The van der Waals surface area contributed by atoms with E-state index in [0.717, 1.165) is 4.90 Å². The highest BCUT2D eigenvalue weighted by molar-refractivity contribution is 6.22. The lowest BCUT2D eigenvalue weighted by molar-refractivity contribution is -0.123. The van der Waals surface area contributed by atoms with Crippen LogP contribution >= 0.6 is 0 Å². The van der Waals surface area contributed by atoms with Crippen LogP contribution in [-0.2, 0) is 14.3 Å². The van der Waals surface area contributed by atoms with Crippen LogP contribution in [0.2, 0.25) is 0 Å². The van der Waals surface area contributed by atoms with Crippen molar-refractivity contribution in [1.29, 1.82) is 0 Å². The molecular weight excluding hydrogens is 444 g/mol. The first-order valence-corrected chi connectivity index (χ1v) is 10.8. The van der Waals surface area contributed by atoms with Crippen LogP contribution in [0.5, 0.6) is 11.5 Å². The average Bonchev–Trinajstić information content (AvgIpc) is 3.08. The van der Waals surface area contributed by atoms with Crippen molar-refractivity contribution in [2.45, 2.75) is 19.4 Å². The molecule has 2 aromatic carbocycles. The summed E-state index contributed by atoms with van der Waals surface area (Å²) in [6.07, 6.45) is -0.607. The van der Waals surface area contributed by atoms with Gasteiger partial charge in [-0.05, 0) is 43.7 Å². The zero-order valence-electron chi connectivity index (χ0n) is 18.8. The molecule has 34 heavy (non-hydrogen) atoms. The lowest BCUT2D eigenvalue weighted by atomic mass is 10.1. The fourth-order valence-electron chi connectivity index (χ4n) is 3.63. The van der Waals surface area contributed by atoms with Crippen molar-refractivity contribution in [2.24, 2.45) is 0 Å². The maximum atomic E-state index is 12.6. The Morgan fingerprint density at radius 1 is 1.03 bits per heavy atom. The second-order valence-corrected chi connectivity index (χ2v) is 7.76. The highest BCUT2D eigenvalue weighted by Crippen LogP contribution is 2.32. The van der Waals surface area contributed by atoms with Gasteiger partial charge in [0.2, 0.25) is 0 Å². The van der Waals surface area contributed by atoms with Crippen LogP contribution in [-0.4, -0.2) is 68.2 Å². The van der Waals surface area contributed by atoms with Crippen LogP contribution in [0.4, 0.5) is 5.69 Å². The molecule has 1 atom stereocenters. The quantitative estimate of drug-likeness (QED) is 0.356. The third-order valence-electron chi connectivity index (χ3n) is 5.40. The summed E-state index contributed by atoms with van der Waals surface area (Å²) in [5, 5.41) is 2.67.